The van der Waals surface area contributed by atoms with E-state index in [1.807, 2.05) is 0 Å². The molecule has 0 nitrogen and oxygen atoms in total. The molecule has 0 amide bonds. The van der Waals surface area contributed by atoms with Crippen LogP contribution in [0.5, 0.6) is 0 Å². The Kier molecular flexibility index (Phi) is 1.50. The van der Waals surface area contributed by atoms with Gasteiger partial charge in [0.1, 0.15) is 0 Å². The van der Waals surface area contributed by atoms with Crippen molar-refractivity contribution in [3.05, 3.63) is 35.4 Å². The lowest BCUT2D eigenvalue weighted by atomic mass is 10.1. The van der Waals surface area contributed by atoms with Gasteiger partial charge in [-0.25, -0.2) is 0 Å². The van der Waals surface area contributed by atoms with Crippen LogP contribution in [0.15, 0.2) is 24.3 Å². The lowest BCUT2D eigenvalue weighted by Gasteiger charge is -1.93. The zero-order valence-corrected chi connectivity index (χ0v) is 7.03. The fourth-order valence-corrected chi connectivity index (χ4v) is 2.10. The third-order valence-corrected chi connectivity index (χ3v) is 2.55. The highest BCUT2D eigenvalue weighted by atomic mass is 31.0. The maximum Gasteiger partial charge on any atom is -0.0183 e. The molecule has 1 aliphatic carbocycles. The lowest BCUT2D eigenvalue weighted by molar-refractivity contribution is 0.937. The molecule has 0 radical (unpaired) electrons. The number of hydrogen-bond donors (Lipinski definition) is 0. The predicted molar refractivity (Wildman–Crippen MR) is 47.3 cm³/mol. The average Bonchev–Trinajstić information content (AvgIpc) is 2.27. The van der Waals surface area contributed by atoms with Crippen molar-refractivity contribution < 1.29 is 0 Å². The first-order valence-corrected chi connectivity index (χ1v) is 4.35. The Hall–Kier alpha value is -0.350. The van der Waals surface area contributed by atoms with Crippen LogP contribution < -0.4 is 0 Å². The predicted octanol–water partition coefficient (Wildman–Crippen LogP) is 2.03. The Balaban J connectivity index is 2.42. The molecule has 1 aromatic rings. The van der Waals surface area contributed by atoms with Crippen molar-refractivity contribution in [2.45, 2.75) is 18.5 Å². The summed E-state index contributed by atoms with van der Waals surface area (Å²) in [6, 6.07) is 8.72. The van der Waals surface area contributed by atoms with Crippen LogP contribution in [-0.2, 0) is 12.8 Å². The molecule has 0 aromatic heterocycles. The topological polar surface area (TPSA) is 0 Å². The fourth-order valence-electron chi connectivity index (χ4n) is 1.59. The Morgan fingerprint density at radius 3 is 2.10 bits per heavy atom. The molecule has 1 heteroatoms. The van der Waals surface area contributed by atoms with Crippen LogP contribution in [0.3, 0.4) is 0 Å². The third-order valence-electron chi connectivity index (χ3n) is 2.08. The molecular formula is C9H11P. The molecule has 1 unspecified atom stereocenters. The van der Waals surface area contributed by atoms with E-state index in [0.29, 0.717) is 0 Å². The van der Waals surface area contributed by atoms with Crippen LogP contribution in [0.25, 0.3) is 0 Å². The molecular weight excluding hydrogens is 139 g/mol. The van der Waals surface area contributed by atoms with Crippen molar-refractivity contribution in [2.24, 2.45) is 0 Å². The van der Waals surface area contributed by atoms with Gasteiger partial charge in [-0.3, -0.25) is 0 Å². The fraction of sp³-hybridized carbons (Fsp3) is 0.333. The van der Waals surface area contributed by atoms with Gasteiger partial charge >= 0.3 is 0 Å². The molecule has 0 spiro atoms. The molecule has 0 heterocycles. The SMILES string of the molecule is PC1Cc2ccccc2C1. The monoisotopic (exact) mass is 150 g/mol. The van der Waals surface area contributed by atoms with Crippen LogP contribution >= 0.6 is 9.24 Å². The normalized spacial score (nSPS) is 17.3. The summed E-state index contributed by atoms with van der Waals surface area (Å²) >= 11 is 0. The minimum atomic E-state index is 0.789. The highest BCUT2D eigenvalue weighted by Crippen LogP contribution is 2.25. The van der Waals surface area contributed by atoms with Crippen molar-refractivity contribution in [2.75, 3.05) is 0 Å². The van der Waals surface area contributed by atoms with Gasteiger partial charge in [-0.2, -0.15) is 0 Å². The molecule has 52 valence electrons. The number of fused-ring (bicyclic) bond motifs is 1. The Bertz CT molecular complexity index is 217. The zero-order valence-electron chi connectivity index (χ0n) is 5.88. The zero-order chi connectivity index (χ0) is 6.97. The standard InChI is InChI=1S/C9H11P/c10-9-5-7-3-1-2-4-8(7)6-9/h1-4,9H,5-6,10H2. The van der Waals surface area contributed by atoms with E-state index in [-0.39, 0.29) is 0 Å². The molecule has 1 aliphatic rings. The minimum Gasteiger partial charge on any atom is -0.134 e. The van der Waals surface area contributed by atoms with Crippen LogP contribution in [0.4, 0.5) is 0 Å². The first-order valence-electron chi connectivity index (χ1n) is 3.68. The van der Waals surface area contributed by atoms with Gasteiger partial charge in [0.05, 0.1) is 0 Å². The van der Waals surface area contributed by atoms with Gasteiger partial charge < -0.3 is 0 Å². The first-order chi connectivity index (χ1) is 4.86. The summed E-state index contributed by atoms with van der Waals surface area (Å²) in [5.41, 5.74) is 3.88. The van der Waals surface area contributed by atoms with E-state index < -0.39 is 0 Å². The molecule has 0 fully saturated rings. The van der Waals surface area contributed by atoms with E-state index in [9.17, 15) is 0 Å². The molecule has 1 aromatic carbocycles. The summed E-state index contributed by atoms with van der Waals surface area (Å²) in [5, 5.41) is 0. The van der Waals surface area contributed by atoms with Gasteiger partial charge in [-0.1, -0.05) is 24.3 Å². The maximum atomic E-state index is 2.90. The second-order valence-corrected chi connectivity index (χ2v) is 3.88. The van der Waals surface area contributed by atoms with E-state index in [1.54, 1.807) is 11.1 Å². The molecule has 0 bridgehead atoms. The van der Waals surface area contributed by atoms with Gasteiger partial charge in [-0.15, -0.1) is 9.24 Å². The van der Waals surface area contributed by atoms with Crippen molar-refractivity contribution >= 4 is 9.24 Å². The first kappa shape index (κ1) is 6.37. The number of benzene rings is 1. The van der Waals surface area contributed by atoms with Crippen LogP contribution in [0.1, 0.15) is 11.1 Å². The van der Waals surface area contributed by atoms with Gasteiger partial charge in [0.15, 0.2) is 0 Å². The summed E-state index contributed by atoms with van der Waals surface area (Å²) in [4.78, 5) is 0. The Labute approximate surface area is 63.9 Å². The summed E-state index contributed by atoms with van der Waals surface area (Å²) in [5.74, 6) is 0. The van der Waals surface area contributed by atoms with E-state index in [1.165, 1.54) is 12.8 Å². The molecule has 2 rings (SSSR count). The largest absolute Gasteiger partial charge is 0.134 e. The van der Waals surface area contributed by atoms with E-state index in [2.05, 4.69) is 33.5 Å². The smallest absolute Gasteiger partial charge is 0.0183 e. The van der Waals surface area contributed by atoms with Gasteiger partial charge in [-0.05, 0) is 29.6 Å². The molecule has 0 saturated carbocycles. The second kappa shape index (κ2) is 2.36. The summed E-state index contributed by atoms with van der Waals surface area (Å²) in [6.07, 6.45) is 2.50. The van der Waals surface area contributed by atoms with Crippen LogP contribution in [0.2, 0.25) is 0 Å². The van der Waals surface area contributed by atoms with Crippen molar-refractivity contribution in [3.63, 3.8) is 0 Å². The molecule has 0 N–H and O–H groups in total. The highest BCUT2D eigenvalue weighted by Gasteiger charge is 2.15. The van der Waals surface area contributed by atoms with Crippen molar-refractivity contribution in [1.29, 1.82) is 0 Å². The van der Waals surface area contributed by atoms with E-state index >= 15 is 0 Å². The second-order valence-electron chi connectivity index (χ2n) is 2.94. The molecule has 0 saturated heterocycles. The minimum absolute atomic E-state index is 0.789. The van der Waals surface area contributed by atoms with E-state index in [4.69, 9.17) is 0 Å². The Morgan fingerprint density at radius 1 is 1.10 bits per heavy atom. The summed E-state index contributed by atoms with van der Waals surface area (Å²) in [6.45, 7) is 0. The van der Waals surface area contributed by atoms with Crippen LogP contribution in [0, 0.1) is 0 Å². The highest BCUT2D eigenvalue weighted by molar-refractivity contribution is 7.17. The quantitative estimate of drug-likeness (QED) is 0.496. The number of rotatable bonds is 0. The van der Waals surface area contributed by atoms with Crippen LogP contribution in [-0.4, -0.2) is 5.66 Å². The summed E-state index contributed by atoms with van der Waals surface area (Å²) in [7, 11) is 2.90. The average molecular weight is 150 g/mol. The molecule has 10 heavy (non-hydrogen) atoms. The van der Waals surface area contributed by atoms with Gasteiger partial charge in [0.2, 0.25) is 0 Å². The third kappa shape index (κ3) is 0.973. The Morgan fingerprint density at radius 2 is 1.60 bits per heavy atom. The molecule has 0 aliphatic heterocycles. The maximum absolute atomic E-state index is 2.90. The molecule has 1 atom stereocenters. The van der Waals surface area contributed by atoms with E-state index in [0.717, 1.165) is 5.66 Å². The van der Waals surface area contributed by atoms with Crippen molar-refractivity contribution in [1.82, 2.24) is 0 Å². The van der Waals surface area contributed by atoms with Gasteiger partial charge in [0.25, 0.3) is 0 Å². The lowest BCUT2D eigenvalue weighted by Crippen LogP contribution is -1.92. The van der Waals surface area contributed by atoms with Crippen molar-refractivity contribution in [3.8, 4) is 0 Å². The number of hydrogen-bond acceptors (Lipinski definition) is 0. The summed E-state index contributed by atoms with van der Waals surface area (Å²) < 4.78 is 0. The van der Waals surface area contributed by atoms with Gasteiger partial charge in [0, 0.05) is 0 Å².